The van der Waals surface area contributed by atoms with E-state index in [2.05, 4.69) is 5.32 Å². The zero-order valence-corrected chi connectivity index (χ0v) is 26.1. The molecule has 1 aliphatic rings. The molecule has 48 heavy (non-hydrogen) atoms. The van der Waals surface area contributed by atoms with Crippen LogP contribution in [0.2, 0.25) is 0 Å². The first-order valence-electron chi connectivity index (χ1n) is 14.7. The predicted octanol–water partition coefficient (Wildman–Crippen LogP) is 1.55. The molecule has 0 bridgehead atoms. The number of benzene rings is 3. The first-order valence-corrected chi connectivity index (χ1v) is 14.7. The van der Waals surface area contributed by atoms with E-state index in [1.807, 2.05) is 0 Å². The predicted molar refractivity (Wildman–Crippen MR) is 172 cm³/mol. The molecular formula is C33H35N7O8. The van der Waals surface area contributed by atoms with Crippen molar-refractivity contribution in [2.45, 2.75) is 50.6 Å². The van der Waals surface area contributed by atoms with Crippen LogP contribution in [0.5, 0.6) is 0 Å². The highest BCUT2D eigenvalue weighted by Crippen LogP contribution is 2.44. The summed E-state index contributed by atoms with van der Waals surface area (Å²) >= 11 is 0. The van der Waals surface area contributed by atoms with Gasteiger partial charge in [-0.25, -0.2) is 14.5 Å². The lowest BCUT2D eigenvalue weighted by atomic mass is 9.88. The Kier molecular flexibility index (Phi) is 9.94. The minimum atomic E-state index is -3.33. The quantitative estimate of drug-likeness (QED) is 0.0667. The molecular weight excluding hydrogens is 622 g/mol. The lowest BCUT2D eigenvalue weighted by Crippen LogP contribution is -2.74. The number of urea groups is 1. The third-order valence-electron chi connectivity index (χ3n) is 8.15. The minimum absolute atomic E-state index is 0.177. The van der Waals surface area contributed by atoms with Crippen LogP contribution in [-0.2, 0) is 42.6 Å². The number of hydrogen-bond acceptors (Lipinski definition) is 8. The highest BCUT2D eigenvalue weighted by molar-refractivity contribution is 6.24. The van der Waals surface area contributed by atoms with E-state index in [9.17, 15) is 39.0 Å². The number of imide groups is 1. The molecule has 15 nitrogen and oxygen atoms in total. The first-order chi connectivity index (χ1) is 22.7. The monoisotopic (exact) mass is 657 g/mol. The summed E-state index contributed by atoms with van der Waals surface area (Å²) in [5.74, 6) is -7.56. The van der Waals surface area contributed by atoms with Crippen molar-refractivity contribution in [2.75, 3.05) is 4.90 Å². The van der Waals surface area contributed by atoms with Gasteiger partial charge in [0.2, 0.25) is 5.91 Å². The fourth-order valence-electron chi connectivity index (χ4n) is 5.68. The van der Waals surface area contributed by atoms with Gasteiger partial charge in [0, 0.05) is 18.8 Å². The summed E-state index contributed by atoms with van der Waals surface area (Å²) in [5.41, 5.74) is 7.33. The molecule has 15 heteroatoms. The normalized spacial score (nSPS) is 17.7. The number of Topliss-reactive ketones (excluding diaryl/α,β-unsaturated/α-hetero) is 1. The van der Waals surface area contributed by atoms with E-state index in [0.29, 0.717) is 16.0 Å². The number of ketones is 1. The summed E-state index contributed by atoms with van der Waals surface area (Å²) in [6.45, 7) is 2.18. The smallest absolute Gasteiger partial charge is 0.360 e. The highest BCUT2D eigenvalue weighted by Gasteiger charge is 2.69. The molecule has 0 aliphatic carbocycles. The first kappa shape index (κ1) is 34.8. The van der Waals surface area contributed by atoms with Gasteiger partial charge in [0.1, 0.15) is 5.54 Å². The van der Waals surface area contributed by atoms with Crippen LogP contribution in [0, 0.1) is 5.41 Å². The third-order valence-corrected chi connectivity index (χ3v) is 8.15. The second-order valence-electron chi connectivity index (χ2n) is 11.3. The summed E-state index contributed by atoms with van der Waals surface area (Å²) in [4.78, 5) is 84.1. The van der Waals surface area contributed by atoms with Gasteiger partial charge >= 0.3 is 18.0 Å². The standard InChI is InChI=1S/C33H35N7O8/c1-20(41)33(29(46)47,39(24-11-7-4-8-12-24)27(44)25(34)17-26(42)43)40-28(45)32(2,23-15-13-21(14-16-23)18-37-30(35)36)38(31(40)48)19-22-9-5-3-6-10-22/h3-16,25H,17-19,34H2,1-2H3,(H,42,43)(H,46,47)(H4,35,36,37)/t25-,32+,33-/m0/s1. The Morgan fingerprint density at radius 1 is 0.938 bits per heavy atom. The van der Waals surface area contributed by atoms with E-state index in [-0.39, 0.29) is 35.2 Å². The SMILES string of the molecule is CC(=O)[C@@](C(=O)O)(N1C(=O)N(Cc2ccccc2)[C@](C)(c2ccc(CNC(=N)N)cc2)C1=O)N(C(=O)[C@@H](N)CC(=O)O)c1ccccc1. The average molecular weight is 658 g/mol. The fourth-order valence-corrected chi connectivity index (χ4v) is 5.68. The van der Waals surface area contributed by atoms with Gasteiger partial charge in [-0.2, -0.15) is 0 Å². The molecule has 1 heterocycles. The third kappa shape index (κ3) is 6.18. The van der Waals surface area contributed by atoms with Gasteiger partial charge in [-0.15, -0.1) is 0 Å². The van der Waals surface area contributed by atoms with Gasteiger partial charge < -0.3 is 31.9 Å². The number of nitrogens with two attached hydrogens (primary N) is 2. The number of para-hydroxylation sites is 1. The van der Waals surface area contributed by atoms with E-state index >= 15 is 0 Å². The van der Waals surface area contributed by atoms with Crippen LogP contribution in [0.15, 0.2) is 84.9 Å². The van der Waals surface area contributed by atoms with E-state index in [0.717, 1.165) is 11.8 Å². The number of guanidine groups is 1. The summed E-state index contributed by atoms with van der Waals surface area (Å²) in [6, 6.07) is 18.7. The lowest BCUT2D eigenvalue weighted by Gasteiger charge is -2.43. The van der Waals surface area contributed by atoms with Crippen LogP contribution in [0.3, 0.4) is 0 Å². The van der Waals surface area contributed by atoms with E-state index < -0.39 is 59.2 Å². The topological polar surface area (TPSA) is 241 Å². The number of rotatable bonds is 13. The molecule has 4 amide bonds. The van der Waals surface area contributed by atoms with Crippen LogP contribution >= 0.6 is 0 Å². The molecule has 0 unspecified atom stereocenters. The van der Waals surface area contributed by atoms with Crippen molar-refractivity contribution in [1.82, 2.24) is 15.1 Å². The maximum absolute atomic E-state index is 14.8. The molecule has 3 atom stereocenters. The molecule has 250 valence electrons. The highest BCUT2D eigenvalue weighted by atomic mass is 16.4. The van der Waals surface area contributed by atoms with E-state index in [4.69, 9.17) is 16.9 Å². The summed E-state index contributed by atoms with van der Waals surface area (Å²) in [6.07, 6.45) is -0.944. The summed E-state index contributed by atoms with van der Waals surface area (Å²) in [5, 5.41) is 30.4. The molecule has 1 aliphatic heterocycles. The molecule has 0 aromatic heterocycles. The molecule has 0 saturated carbocycles. The lowest BCUT2D eigenvalue weighted by molar-refractivity contribution is -0.162. The van der Waals surface area contributed by atoms with Crippen LogP contribution in [-0.4, -0.2) is 73.2 Å². The number of nitrogens with one attached hydrogen (secondary N) is 2. The van der Waals surface area contributed by atoms with Crippen molar-refractivity contribution in [2.24, 2.45) is 11.5 Å². The number of amides is 4. The molecule has 4 rings (SSSR count). The van der Waals surface area contributed by atoms with Gasteiger partial charge in [0.15, 0.2) is 11.7 Å². The molecule has 0 radical (unpaired) electrons. The Morgan fingerprint density at radius 2 is 1.50 bits per heavy atom. The molecule has 1 fully saturated rings. The molecule has 1 saturated heterocycles. The van der Waals surface area contributed by atoms with Crippen LogP contribution in [0.1, 0.15) is 37.0 Å². The largest absolute Gasteiger partial charge is 0.481 e. The van der Waals surface area contributed by atoms with Crippen LogP contribution < -0.4 is 21.7 Å². The van der Waals surface area contributed by atoms with Gasteiger partial charge in [-0.3, -0.25) is 29.5 Å². The van der Waals surface area contributed by atoms with Crippen LogP contribution in [0.25, 0.3) is 0 Å². The van der Waals surface area contributed by atoms with E-state index in [1.54, 1.807) is 60.7 Å². The maximum Gasteiger partial charge on any atom is 0.360 e. The van der Waals surface area contributed by atoms with Crippen molar-refractivity contribution < 1.29 is 39.0 Å². The fraction of sp³-hybridized carbons (Fsp3) is 0.242. The van der Waals surface area contributed by atoms with Gasteiger partial charge in [0.25, 0.3) is 11.6 Å². The van der Waals surface area contributed by atoms with Crippen molar-refractivity contribution in [3.63, 3.8) is 0 Å². The number of carbonyl (C=O) groups excluding carboxylic acids is 4. The number of nitrogens with zero attached hydrogens (tertiary/aromatic N) is 3. The Balaban J connectivity index is 1.98. The summed E-state index contributed by atoms with van der Waals surface area (Å²) < 4.78 is 0. The van der Waals surface area contributed by atoms with E-state index in [1.165, 1.54) is 31.2 Å². The number of anilines is 1. The maximum atomic E-state index is 14.8. The van der Waals surface area contributed by atoms with Gasteiger partial charge in [0.05, 0.1) is 12.5 Å². The number of carboxylic acids is 2. The van der Waals surface area contributed by atoms with Crippen molar-refractivity contribution >= 4 is 47.2 Å². The average Bonchev–Trinajstić information content (AvgIpc) is 3.23. The summed E-state index contributed by atoms with van der Waals surface area (Å²) in [7, 11) is 0. The molecule has 3 aromatic rings. The number of carboxylic acid groups (broad SMARTS) is 2. The Morgan fingerprint density at radius 3 is 2.00 bits per heavy atom. The van der Waals surface area contributed by atoms with Gasteiger partial charge in [-0.1, -0.05) is 72.8 Å². The second-order valence-corrected chi connectivity index (χ2v) is 11.3. The number of carbonyl (C=O) groups is 6. The molecule has 3 aromatic carbocycles. The van der Waals surface area contributed by atoms with Crippen molar-refractivity contribution in [3.05, 3.63) is 102 Å². The molecule has 8 N–H and O–H groups in total. The van der Waals surface area contributed by atoms with Crippen molar-refractivity contribution in [1.29, 1.82) is 5.41 Å². The second kappa shape index (κ2) is 13.7. The minimum Gasteiger partial charge on any atom is -0.481 e. The number of aliphatic carboxylic acids is 2. The Bertz CT molecular complexity index is 1740. The van der Waals surface area contributed by atoms with Crippen molar-refractivity contribution in [3.8, 4) is 0 Å². The Labute approximate surface area is 275 Å². The zero-order valence-electron chi connectivity index (χ0n) is 26.1. The van der Waals surface area contributed by atoms with Crippen LogP contribution in [0.4, 0.5) is 10.5 Å². The molecule has 0 spiro atoms. The van der Waals surface area contributed by atoms with Gasteiger partial charge in [-0.05, 0) is 42.7 Å². The zero-order chi connectivity index (χ0) is 35.4. The number of hydrogen-bond donors (Lipinski definition) is 6. The Hall–Kier alpha value is -6.09.